The molecule has 2 rings (SSSR count). The highest BCUT2D eigenvalue weighted by molar-refractivity contribution is 7.09. The molecule has 0 amide bonds. The van der Waals surface area contributed by atoms with Crippen LogP contribution in [0.15, 0.2) is 11.4 Å². The predicted molar refractivity (Wildman–Crippen MR) is 74.6 cm³/mol. The van der Waals surface area contributed by atoms with Gasteiger partial charge in [-0.1, -0.05) is 11.3 Å². The first-order valence-corrected chi connectivity index (χ1v) is 6.83. The summed E-state index contributed by atoms with van der Waals surface area (Å²) in [5, 5.41) is 3.60. The molecule has 0 spiro atoms. The van der Waals surface area contributed by atoms with Crippen LogP contribution in [0, 0.1) is 34.6 Å². The maximum atomic E-state index is 2.32. The van der Waals surface area contributed by atoms with E-state index in [1.54, 1.807) is 0 Å². The Labute approximate surface area is 108 Å². The van der Waals surface area contributed by atoms with Crippen molar-refractivity contribution in [3.63, 3.8) is 0 Å². The first-order valence-electron chi connectivity index (χ1n) is 5.95. The largest absolute Gasteiger partial charge is 0.234 e. The van der Waals surface area contributed by atoms with Crippen LogP contribution in [0.25, 0.3) is 11.3 Å². The van der Waals surface area contributed by atoms with Gasteiger partial charge >= 0.3 is 0 Å². The maximum absolute atomic E-state index is 2.32. The lowest BCUT2D eigenvalue weighted by atomic mass is 9.93. The van der Waals surface area contributed by atoms with E-state index < -0.39 is 0 Å². The molecular weight excluding hydrogens is 226 g/mol. The Morgan fingerprint density at radius 3 is 2.12 bits per heavy atom. The standard InChI is InChI=1S/C15H20NS/c1-9-7-14(12(4)11(3)10(9)2)15-8-17-13(5)16(15)6/h7-8H,1-6H3/q+1. The van der Waals surface area contributed by atoms with Gasteiger partial charge in [-0.05, 0) is 56.0 Å². The molecule has 0 aliphatic carbocycles. The highest BCUT2D eigenvalue weighted by Crippen LogP contribution is 2.29. The van der Waals surface area contributed by atoms with Gasteiger partial charge in [-0.3, -0.25) is 0 Å². The van der Waals surface area contributed by atoms with E-state index in [2.05, 4.69) is 57.7 Å². The average Bonchev–Trinajstić information content (AvgIpc) is 2.62. The lowest BCUT2D eigenvalue weighted by Crippen LogP contribution is -2.31. The summed E-state index contributed by atoms with van der Waals surface area (Å²) < 4.78 is 2.28. The van der Waals surface area contributed by atoms with E-state index in [0.717, 1.165) is 0 Å². The van der Waals surface area contributed by atoms with Crippen molar-refractivity contribution in [2.45, 2.75) is 34.6 Å². The van der Waals surface area contributed by atoms with Crippen molar-refractivity contribution in [3.05, 3.63) is 38.7 Å². The highest BCUT2D eigenvalue weighted by Gasteiger charge is 2.18. The van der Waals surface area contributed by atoms with Crippen LogP contribution in [-0.4, -0.2) is 0 Å². The molecule has 0 N–H and O–H groups in total. The van der Waals surface area contributed by atoms with Gasteiger partial charge in [0.25, 0.3) is 0 Å². The fourth-order valence-corrected chi connectivity index (χ4v) is 3.01. The van der Waals surface area contributed by atoms with Gasteiger partial charge in [0.15, 0.2) is 0 Å². The average molecular weight is 246 g/mol. The monoisotopic (exact) mass is 246 g/mol. The lowest BCUT2D eigenvalue weighted by molar-refractivity contribution is -0.661. The van der Waals surface area contributed by atoms with Crippen LogP contribution in [0.3, 0.4) is 0 Å². The van der Waals surface area contributed by atoms with Gasteiger partial charge in [-0.2, -0.15) is 4.57 Å². The molecule has 0 fully saturated rings. The van der Waals surface area contributed by atoms with Gasteiger partial charge in [0.05, 0.1) is 10.9 Å². The minimum atomic E-state index is 1.33. The van der Waals surface area contributed by atoms with E-state index in [1.807, 2.05) is 11.3 Å². The molecule has 0 saturated carbocycles. The van der Waals surface area contributed by atoms with Crippen LogP contribution in [0.5, 0.6) is 0 Å². The van der Waals surface area contributed by atoms with E-state index >= 15 is 0 Å². The first-order chi connectivity index (χ1) is 7.93. The van der Waals surface area contributed by atoms with Crippen LogP contribution < -0.4 is 4.57 Å². The minimum absolute atomic E-state index is 1.33. The van der Waals surface area contributed by atoms with Crippen molar-refractivity contribution in [1.82, 2.24) is 0 Å². The van der Waals surface area contributed by atoms with E-state index in [4.69, 9.17) is 0 Å². The summed E-state index contributed by atoms with van der Waals surface area (Å²) in [5.41, 5.74) is 8.33. The van der Waals surface area contributed by atoms with Crippen LogP contribution >= 0.6 is 11.3 Å². The van der Waals surface area contributed by atoms with Gasteiger partial charge in [0, 0.05) is 6.92 Å². The highest BCUT2D eigenvalue weighted by atomic mass is 32.1. The Balaban J connectivity index is 2.73. The quantitative estimate of drug-likeness (QED) is 0.674. The molecule has 2 heteroatoms. The lowest BCUT2D eigenvalue weighted by Gasteiger charge is -2.11. The zero-order valence-electron chi connectivity index (χ0n) is 11.5. The van der Waals surface area contributed by atoms with Crippen LogP contribution in [0.1, 0.15) is 27.3 Å². The maximum Gasteiger partial charge on any atom is 0.234 e. The molecule has 0 unspecified atom stereocenters. The second kappa shape index (κ2) is 4.26. The van der Waals surface area contributed by atoms with Crippen LogP contribution in [0.2, 0.25) is 0 Å². The van der Waals surface area contributed by atoms with Crippen molar-refractivity contribution in [3.8, 4) is 11.3 Å². The van der Waals surface area contributed by atoms with Crippen LogP contribution in [0.4, 0.5) is 0 Å². The molecule has 0 aliphatic rings. The van der Waals surface area contributed by atoms with E-state index in [9.17, 15) is 0 Å². The molecule has 0 aliphatic heterocycles. The summed E-state index contributed by atoms with van der Waals surface area (Å²) in [7, 11) is 2.14. The fraction of sp³-hybridized carbons (Fsp3) is 0.400. The molecule has 90 valence electrons. The molecule has 0 atom stereocenters. The molecule has 1 nitrogen and oxygen atoms in total. The topological polar surface area (TPSA) is 3.88 Å². The third-order valence-corrected chi connectivity index (χ3v) is 4.89. The Morgan fingerprint density at radius 2 is 1.59 bits per heavy atom. The van der Waals surface area contributed by atoms with Crippen molar-refractivity contribution in [2.24, 2.45) is 7.05 Å². The molecule has 0 bridgehead atoms. The second-order valence-corrected chi connectivity index (χ2v) is 5.88. The summed E-state index contributed by atoms with van der Waals surface area (Å²) in [6, 6.07) is 2.32. The van der Waals surface area contributed by atoms with Gasteiger partial charge in [0.1, 0.15) is 7.05 Å². The number of thiazole rings is 1. The predicted octanol–water partition coefficient (Wildman–Crippen LogP) is 3.78. The zero-order valence-corrected chi connectivity index (χ0v) is 12.3. The summed E-state index contributed by atoms with van der Waals surface area (Å²) in [5.74, 6) is 0. The third kappa shape index (κ3) is 1.91. The molecule has 17 heavy (non-hydrogen) atoms. The first kappa shape index (κ1) is 12.3. The smallest absolute Gasteiger partial charge is 0.189 e. The number of hydrogen-bond donors (Lipinski definition) is 0. The van der Waals surface area contributed by atoms with Gasteiger partial charge in [-0.25, -0.2) is 0 Å². The summed E-state index contributed by atoms with van der Waals surface area (Å²) in [6.45, 7) is 11.0. The van der Waals surface area contributed by atoms with Crippen molar-refractivity contribution in [2.75, 3.05) is 0 Å². The Kier molecular flexibility index (Phi) is 3.09. The minimum Gasteiger partial charge on any atom is -0.189 e. The molecule has 0 saturated heterocycles. The molecule has 1 aromatic carbocycles. The van der Waals surface area contributed by atoms with Crippen molar-refractivity contribution < 1.29 is 4.57 Å². The van der Waals surface area contributed by atoms with E-state index in [0.29, 0.717) is 0 Å². The number of nitrogens with zero attached hydrogens (tertiary/aromatic N) is 1. The number of aryl methyl sites for hydroxylation is 2. The summed E-state index contributed by atoms with van der Waals surface area (Å²) >= 11 is 1.81. The molecule has 1 heterocycles. The van der Waals surface area contributed by atoms with Crippen molar-refractivity contribution in [1.29, 1.82) is 0 Å². The fourth-order valence-electron chi connectivity index (χ4n) is 2.19. The second-order valence-electron chi connectivity index (χ2n) is 4.82. The Morgan fingerprint density at radius 1 is 0.941 bits per heavy atom. The SMILES string of the molecule is Cc1cc(-c2csc(C)[n+]2C)c(C)c(C)c1C. The molecule has 1 aromatic heterocycles. The van der Waals surface area contributed by atoms with Gasteiger partial charge in [0.2, 0.25) is 10.7 Å². The third-order valence-electron chi connectivity index (χ3n) is 3.93. The Bertz CT molecular complexity index is 579. The summed E-state index contributed by atoms with van der Waals surface area (Å²) in [6.07, 6.45) is 0. The number of aromatic nitrogens is 1. The number of rotatable bonds is 1. The van der Waals surface area contributed by atoms with Gasteiger partial charge in [-0.15, -0.1) is 0 Å². The molecule has 0 radical (unpaired) electrons. The summed E-state index contributed by atoms with van der Waals surface area (Å²) in [4.78, 5) is 0. The van der Waals surface area contributed by atoms with E-state index in [-0.39, 0.29) is 0 Å². The molecule has 2 aromatic rings. The van der Waals surface area contributed by atoms with Gasteiger partial charge < -0.3 is 0 Å². The zero-order chi connectivity index (χ0) is 12.7. The number of benzene rings is 1. The number of hydrogen-bond acceptors (Lipinski definition) is 1. The normalized spacial score (nSPS) is 10.9. The van der Waals surface area contributed by atoms with Crippen molar-refractivity contribution >= 4 is 11.3 Å². The van der Waals surface area contributed by atoms with E-state index in [1.165, 1.54) is 38.5 Å². The molecular formula is C15H20NS+. The van der Waals surface area contributed by atoms with Crippen LogP contribution in [-0.2, 0) is 7.05 Å². The Hall–Kier alpha value is -1.15.